The molecule has 4 bridgehead atoms. The Morgan fingerprint density at radius 2 is 0.690 bits per heavy atom. The fourth-order valence-corrected chi connectivity index (χ4v) is 4.19. The van der Waals surface area contributed by atoms with Crippen molar-refractivity contribution in [3.05, 3.63) is 0 Å². The Bertz CT molecular complexity index is 674. The SMILES string of the molecule is OCCOC1(F)C2(F)C(F)(F)C3(F)C(F)(F)C(F)(C2(F)F)C(F)(F)C1(F)C3(F)F. The average Bonchev–Trinajstić information content (AvgIpc) is 2.58. The fourth-order valence-electron chi connectivity index (χ4n) is 4.19. The predicted molar refractivity (Wildman–Crippen MR) is 57.0 cm³/mol. The quantitative estimate of drug-likeness (QED) is 0.644. The van der Waals surface area contributed by atoms with E-state index in [1.54, 1.807) is 0 Å². The smallest absolute Gasteiger partial charge is 0.339 e. The molecule has 0 saturated heterocycles. The first-order chi connectivity index (χ1) is 12.6. The molecule has 0 aromatic carbocycles. The second kappa shape index (κ2) is 4.70. The summed E-state index contributed by atoms with van der Waals surface area (Å²) in [6.45, 7) is -4.04. The van der Waals surface area contributed by atoms with Crippen molar-refractivity contribution in [2.75, 3.05) is 13.2 Å². The van der Waals surface area contributed by atoms with E-state index in [4.69, 9.17) is 5.11 Å². The van der Waals surface area contributed by atoms with Gasteiger partial charge in [-0.1, -0.05) is 0 Å². The number of hydrogen-bond acceptors (Lipinski definition) is 2. The van der Waals surface area contributed by atoms with Gasteiger partial charge in [-0.25, -0.2) is 22.0 Å². The first-order valence-electron chi connectivity index (χ1n) is 7.14. The number of rotatable bonds is 3. The van der Waals surface area contributed by atoms with E-state index in [1.165, 1.54) is 0 Å². The summed E-state index contributed by atoms with van der Waals surface area (Å²) in [7, 11) is 0. The van der Waals surface area contributed by atoms with Crippen LogP contribution in [0, 0.1) is 0 Å². The summed E-state index contributed by atoms with van der Waals surface area (Å²) in [6.07, 6.45) is 0. The summed E-state index contributed by atoms with van der Waals surface area (Å²) in [5, 5.41) is 8.35. The van der Waals surface area contributed by atoms with E-state index in [-0.39, 0.29) is 0 Å². The standard InChI is InChI=1S/C12H5F15O2/c13-3-7(17,18)4(14)10(23,24)5(15,8(3,19)20)12(27,29-2-1-28)6(16,9(3,21)22)11(4,25)26/h28H,1-2H2. The van der Waals surface area contributed by atoms with Gasteiger partial charge in [-0.3, -0.25) is 0 Å². The molecule has 0 spiro atoms. The van der Waals surface area contributed by atoms with Crippen molar-refractivity contribution < 1.29 is 75.7 Å². The van der Waals surface area contributed by atoms with Crippen molar-refractivity contribution in [3.8, 4) is 0 Å². The summed E-state index contributed by atoms with van der Waals surface area (Å²) in [6, 6.07) is 0. The minimum absolute atomic E-state index is 1.82. The lowest BCUT2D eigenvalue weighted by Crippen LogP contribution is -3.09. The molecule has 17 heteroatoms. The van der Waals surface area contributed by atoms with Crippen LogP contribution in [0.4, 0.5) is 65.9 Å². The van der Waals surface area contributed by atoms with Crippen LogP contribution in [0.5, 0.6) is 0 Å². The molecule has 170 valence electrons. The molecular weight excluding hydrogens is 461 g/mol. The van der Waals surface area contributed by atoms with E-state index in [2.05, 4.69) is 4.74 Å². The molecule has 4 saturated carbocycles. The summed E-state index contributed by atoms with van der Waals surface area (Å²) in [4.78, 5) is 0. The molecule has 0 heterocycles. The Kier molecular flexibility index (Phi) is 3.65. The zero-order chi connectivity index (χ0) is 23.1. The largest absolute Gasteiger partial charge is 0.394 e. The van der Waals surface area contributed by atoms with E-state index < -0.39 is 71.4 Å². The summed E-state index contributed by atoms with van der Waals surface area (Å²) < 4.78 is 217. The van der Waals surface area contributed by atoms with Crippen molar-refractivity contribution >= 4 is 0 Å². The van der Waals surface area contributed by atoms with Crippen molar-refractivity contribution in [2.24, 2.45) is 0 Å². The molecule has 0 aliphatic heterocycles. The number of alkyl halides is 15. The lowest BCUT2D eigenvalue weighted by Gasteiger charge is -2.74. The molecule has 0 aromatic heterocycles. The number of halogens is 15. The van der Waals surface area contributed by atoms with Crippen LogP contribution in [0.1, 0.15) is 0 Å². The summed E-state index contributed by atoms with van der Waals surface area (Å²) >= 11 is 0. The number of aliphatic hydroxyl groups is 1. The second-order valence-corrected chi connectivity index (χ2v) is 6.67. The summed E-state index contributed by atoms with van der Waals surface area (Å²) in [5.74, 6) is -45.9. The normalized spacial score (nSPS) is 52.6. The van der Waals surface area contributed by atoms with Crippen molar-refractivity contribution in [3.63, 3.8) is 0 Å². The zero-order valence-electron chi connectivity index (χ0n) is 12.9. The molecular formula is C12H5F15O2. The second-order valence-electron chi connectivity index (χ2n) is 6.67. The third-order valence-electron chi connectivity index (χ3n) is 5.60. The Labute approximate surface area is 148 Å². The molecule has 0 unspecified atom stereocenters. The highest BCUT2D eigenvalue weighted by molar-refractivity contribution is 5.54. The maximum atomic E-state index is 14.8. The topological polar surface area (TPSA) is 29.5 Å². The van der Waals surface area contributed by atoms with Crippen LogP contribution in [0.15, 0.2) is 0 Å². The monoisotopic (exact) mass is 466 g/mol. The average molecular weight is 466 g/mol. The number of hydrogen-bond donors (Lipinski definition) is 1. The van der Waals surface area contributed by atoms with Crippen LogP contribution in [-0.4, -0.2) is 76.5 Å². The Morgan fingerprint density at radius 3 is 0.931 bits per heavy atom. The predicted octanol–water partition coefficient (Wildman–Crippen LogP) is 3.71. The highest BCUT2D eigenvalue weighted by Crippen LogP contribution is 2.88. The highest BCUT2D eigenvalue weighted by atomic mass is 19.3. The minimum Gasteiger partial charge on any atom is -0.394 e. The van der Waals surface area contributed by atoms with Crippen molar-refractivity contribution in [1.82, 2.24) is 0 Å². The first-order valence-corrected chi connectivity index (χ1v) is 7.14. The zero-order valence-corrected chi connectivity index (χ0v) is 12.9. The maximum absolute atomic E-state index is 14.8. The van der Waals surface area contributed by atoms with Crippen LogP contribution in [0.3, 0.4) is 0 Å². The molecule has 29 heavy (non-hydrogen) atoms. The van der Waals surface area contributed by atoms with E-state index >= 15 is 0 Å². The van der Waals surface area contributed by atoms with E-state index in [0.29, 0.717) is 0 Å². The van der Waals surface area contributed by atoms with Gasteiger partial charge >= 0.3 is 58.1 Å². The Morgan fingerprint density at radius 1 is 0.448 bits per heavy atom. The minimum atomic E-state index is -7.86. The molecule has 0 aromatic rings. The van der Waals surface area contributed by atoms with Gasteiger partial charge < -0.3 is 9.84 Å². The van der Waals surface area contributed by atoms with Crippen LogP contribution < -0.4 is 0 Å². The van der Waals surface area contributed by atoms with Crippen LogP contribution in [0.25, 0.3) is 0 Å². The van der Waals surface area contributed by atoms with Gasteiger partial charge in [-0.2, -0.15) is 43.9 Å². The number of ether oxygens (including phenoxy) is 1. The van der Waals surface area contributed by atoms with Crippen molar-refractivity contribution in [2.45, 2.75) is 58.1 Å². The Hall–Kier alpha value is -1.13. The van der Waals surface area contributed by atoms with Gasteiger partial charge in [0.1, 0.15) is 0 Å². The van der Waals surface area contributed by atoms with E-state index in [9.17, 15) is 65.9 Å². The third-order valence-corrected chi connectivity index (χ3v) is 5.60. The van der Waals surface area contributed by atoms with Crippen molar-refractivity contribution in [1.29, 1.82) is 0 Å². The summed E-state index contributed by atoms with van der Waals surface area (Å²) in [5.41, 5.74) is -30.4. The van der Waals surface area contributed by atoms with Gasteiger partial charge in [0.15, 0.2) is 0 Å². The number of aliphatic hydroxyl groups excluding tert-OH is 1. The van der Waals surface area contributed by atoms with E-state index in [1.807, 2.05) is 0 Å². The lowest BCUT2D eigenvalue weighted by molar-refractivity contribution is -0.617. The highest BCUT2D eigenvalue weighted by Gasteiger charge is 3.23. The molecule has 2 nitrogen and oxygen atoms in total. The van der Waals surface area contributed by atoms with Gasteiger partial charge in [-0.15, -0.1) is 0 Å². The van der Waals surface area contributed by atoms with Gasteiger partial charge in [-0.05, 0) is 0 Å². The lowest BCUT2D eigenvalue weighted by atomic mass is 9.40. The molecule has 0 amide bonds. The molecule has 4 fully saturated rings. The van der Waals surface area contributed by atoms with Gasteiger partial charge in [0.05, 0.1) is 13.2 Å². The van der Waals surface area contributed by atoms with Crippen LogP contribution in [0.2, 0.25) is 0 Å². The van der Waals surface area contributed by atoms with Gasteiger partial charge in [0.2, 0.25) is 0 Å². The maximum Gasteiger partial charge on any atom is 0.339 e. The van der Waals surface area contributed by atoms with Gasteiger partial charge in [0.25, 0.3) is 0 Å². The van der Waals surface area contributed by atoms with Gasteiger partial charge in [0, 0.05) is 0 Å². The fraction of sp³-hybridized carbons (Fsp3) is 1.00. The molecule has 0 radical (unpaired) electrons. The molecule has 4 aliphatic rings. The molecule has 0 atom stereocenters. The Balaban J connectivity index is 2.64. The molecule has 4 rings (SSSR count). The molecule has 4 aliphatic carbocycles. The third kappa shape index (κ3) is 1.33. The van der Waals surface area contributed by atoms with Crippen LogP contribution >= 0.6 is 0 Å². The van der Waals surface area contributed by atoms with E-state index in [0.717, 1.165) is 0 Å². The van der Waals surface area contributed by atoms with Crippen LogP contribution in [-0.2, 0) is 4.74 Å². The first kappa shape index (κ1) is 22.6. The molecule has 1 N–H and O–H groups in total.